The molecule has 1 aliphatic heterocycles. The lowest BCUT2D eigenvalue weighted by Gasteiger charge is -2.18. The van der Waals surface area contributed by atoms with E-state index in [1.807, 2.05) is 38.1 Å². The third-order valence-electron chi connectivity index (χ3n) is 4.26. The summed E-state index contributed by atoms with van der Waals surface area (Å²) in [5, 5.41) is 2.88. The highest BCUT2D eigenvalue weighted by Gasteiger charge is 2.14. The molecule has 1 aromatic carbocycles. The fourth-order valence-electron chi connectivity index (χ4n) is 2.95. The van der Waals surface area contributed by atoms with Crippen LogP contribution >= 0.6 is 11.3 Å². The van der Waals surface area contributed by atoms with E-state index < -0.39 is 0 Å². The van der Waals surface area contributed by atoms with Gasteiger partial charge in [-0.05, 0) is 44.0 Å². The Morgan fingerprint density at radius 3 is 2.58 bits per heavy atom. The van der Waals surface area contributed by atoms with Gasteiger partial charge >= 0.3 is 0 Å². The maximum Gasteiger partial charge on any atom is 0.220 e. The lowest BCUT2D eigenvalue weighted by molar-refractivity contribution is -0.121. The summed E-state index contributed by atoms with van der Waals surface area (Å²) in [7, 11) is 0. The van der Waals surface area contributed by atoms with Gasteiger partial charge in [0.05, 0.1) is 0 Å². The number of thiophene rings is 1. The molecular weight excluding hydrogens is 350 g/mol. The van der Waals surface area contributed by atoms with Crippen LogP contribution in [0, 0.1) is 13.8 Å². The predicted molar refractivity (Wildman–Crippen MR) is 102 cm³/mol. The second-order valence-corrected chi connectivity index (χ2v) is 7.79. The summed E-state index contributed by atoms with van der Waals surface area (Å²) in [6.07, 6.45) is 1.17. The number of rotatable bonds is 7. The number of amides is 1. The van der Waals surface area contributed by atoms with E-state index in [-0.39, 0.29) is 24.5 Å². The van der Waals surface area contributed by atoms with Crippen LogP contribution in [0.1, 0.15) is 38.5 Å². The zero-order chi connectivity index (χ0) is 18.5. The summed E-state index contributed by atoms with van der Waals surface area (Å²) in [6, 6.07) is 7.73. The molecule has 0 saturated heterocycles. The number of aryl methyl sites for hydroxylation is 2. The molecule has 26 heavy (non-hydrogen) atoms. The Bertz CT molecular complexity index is 812. The second-order valence-electron chi connectivity index (χ2n) is 6.33. The first-order valence-corrected chi connectivity index (χ1v) is 9.60. The van der Waals surface area contributed by atoms with Crippen molar-refractivity contribution in [3.05, 3.63) is 45.1 Å². The maximum atomic E-state index is 12.2. The molecule has 0 radical (unpaired) electrons. The molecule has 0 fully saturated rings. The SMILES string of the molecule is Cc1cc(C(=O)CCC(=O)NCCc2ccc3c(c2)OCCO3)c(C)s1. The predicted octanol–water partition coefficient (Wildman–Crippen LogP) is 3.46. The van der Waals surface area contributed by atoms with Gasteiger partial charge in [0.2, 0.25) is 5.91 Å². The number of ether oxygens (including phenoxy) is 2. The van der Waals surface area contributed by atoms with Gasteiger partial charge in [0, 0.05) is 34.7 Å². The molecule has 1 aromatic heterocycles. The molecule has 5 nitrogen and oxygen atoms in total. The summed E-state index contributed by atoms with van der Waals surface area (Å²) in [5.74, 6) is 1.46. The molecular formula is C20H23NO4S. The normalized spacial score (nSPS) is 12.7. The molecule has 0 atom stereocenters. The van der Waals surface area contributed by atoms with Crippen LogP contribution in [0.4, 0.5) is 0 Å². The number of fused-ring (bicyclic) bond motifs is 1. The van der Waals surface area contributed by atoms with Gasteiger partial charge in [-0.1, -0.05) is 6.07 Å². The number of ketones is 1. The molecule has 0 saturated carbocycles. The van der Waals surface area contributed by atoms with Gasteiger partial charge in [-0.3, -0.25) is 9.59 Å². The van der Waals surface area contributed by atoms with E-state index in [2.05, 4.69) is 5.32 Å². The summed E-state index contributed by atoms with van der Waals surface area (Å²) in [6.45, 7) is 5.59. The van der Waals surface area contributed by atoms with Gasteiger partial charge in [-0.2, -0.15) is 0 Å². The molecule has 3 rings (SSSR count). The Balaban J connectivity index is 1.41. The van der Waals surface area contributed by atoms with E-state index >= 15 is 0 Å². The number of hydrogen-bond acceptors (Lipinski definition) is 5. The first-order valence-electron chi connectivity index (χ1n) is 8.78. The Hall–Kier alpha value is -2.34. The standard InChI is InChI=1S/C20H23NO4S/c1-13-11-16(14(2)26-13)17(22)4-6-20(23)21-8-7-15-3-5-18-19(12-15)25-10-9-24-18/h3,5,11-12H,4,6-10H2,1-2H3,(H,21,23). The van der Waals surface area contributed by atoms with Gasteiger partial charge in [0.15, 0.2) is 17.3 Å². The smallest absolute Gasteiger partial charge is 0.220 e. The first-order chi connectivity index (χ1) is 12.5. The number of carbonyl (C=O) groups excluding carboxylic acids is 2. The number of benzene rings is 1. The van der Waals surface area contributed by atoms with E-state index in [0.29, 0.717) is 26.2 Å². The average Bonchev–Trinajstić information content (AvgIpc) is 2.98. The Kier molecular flexibility index (Phi) is 5.93. The second kappa shape index (κ2) is 8.36. The largest absolute Gasteiger partial charge is 0.486 e. The van der Waals surface area contributed by atoms with Crippen molar-refractivity contribution in [3.63, 3.8) is 0 Å². The van der Waals surface area contributed by atoms with Gasteiger partial charge < -0.3 is 14.8 Å². The van der Waals surface area contributed by atoms with Crippen LogP contribution in [0.3, 0.4) is 0 Å². The van der Waals surface area contributed by atoms with E-state index in [9.17, 15) is 9.59 Å². The molecule has 1 aliphatic rings. The van der Waals surface area contributed by atoms with Crippen molar-refractivity contribution in [1.82, 2.24) is 5.32 Å². The maximum absolute atomic E-state index is 12.2. The summed E-state index contributed by atoms with van der Waals surface area (Å²) in [4.78, 5) is 26.3. The van der Waals surface area contributed by atoms with Crippen molar-refractivity contribution in [1.29, 1.82) is 0 Å². The van der Waals surface area contributed by atoms with Crippen LogP contribution in [0.25, 0.3) is 0 Å². The number of Topliss-reactive ketones (excluding diaryl/α,β-unsaturated/α-hetero) is 1. The minimum atomic E-state index is -0.0968. The quantitative estimate of drug-likeness (QED) is 0.755. The van der Waals surface area contributed by atoms with Gasteiger partial charge in [0.25, 0.3) is 0 Å². The summed E-state index contributed by atoms with van der Waals surface area (Å²) < 4.78 is 11.1. The number of carbonyl (C=O) groups is 2. The Morgan fingerprint density at radius 1 is 1.08 bits per heavy atom. The minimum Gasteiger partial charge on any atom is -0.486 e. The molecule has 0 aliphatic carbocycles. The van der Waals surface area contributed by atoms with E-state index in [0.717, 1.165) is 32.4 Å². The first kappa shape index (κ1) is 18.5. The third kappa shape index (κ3) is 4.64. The molecule has 0 spiro atoms. The highest BCUT2D eigenvalue weighted by Crippen LogP contribution is 2.30. The molecule has 1 N–H and O–H groups in total. The van der Waals surface area contributed by atoms with Crippen molar-refractivity contribution in [2.75, 3.05) is 19.8 Å². The van der Waals surface area contributed by atoms with Crippen LogP contribution in [0.5, 0.6) is 11.5 Å². The molecule has 0 bridgehead atoms. The fraction of sp³-hybridized carbons (Fsp3) is 0.400. The van der Waals surface area contributed by atoms with E-state index in [4.69, 9.17) is 9.47 Å². The minimum absolute atomic E-state index is 0.0360. The van der Waals surface area contributed by atoms with Gasteiger partial charge in [0.1, 0.15) is 13.2 Å². The van der Waals surface area contributed by atoms with Crippen LogP contribution < -0.4 is 14.8 Å². The molecule has 2 heterocycles. The topological polar surface area (TPSA) is 64.6 Å². The molecule has 2 aromatic rings. The van der Waals surface area contributed by atoms with E-state index in [1.165, 1.54) is 0 Å². The lowest BCUT2D eigenvalue weighted by Crippen LogP contribution is -2.26. The lowest BCUT2D eigenvalue weighted by atomic mass is 10.1. The zero-order valence-electron chi connectivity index (χ0n) is 15.1. The number of hydrogen-bond donors (Lipinski definition) is 1. The van der Waals surface area contributed by atoms with Crippen LogP contribution in [-0.4, -0.2) is 31.4 Å². The van der Waals surface area contributed by atoms with Crippen molar-refractivity contribution in [3.8, 4) is 11.5 Å². The highest BCUT2D eigenvalue weighted by atomic mass is 32.1. The molecule has 0 unspecified atom stereocenters. The molecule has 1 amide bonds. The van der Waals surface area contributed by atoms with Crippen LogP contribution in [0.2, 0.25) is 0 Å². The zero-order valence-corrected chi connectivity index (χ0v) is 15.9. The van der Waals surface area contributed by atoms with E-state index in [1.54, 1.807) is 11.3 Å². The van der Waals surface area contributed by atoms with Crippen molar-refractivity contribution >= 4 is 23.0 Å². The summed E-state index contributed by atoms with van der Waals surface area (Å²) >= 11 is 1.61. The van der Waals surface area contributed by atoms with Gasteiger partial charge in [-0.15, -0.1) is 11.3 Å². The Morgan fingerprint density at radius 2 is 1.85 bits per heavy atom. The fourth-order valence-corrected chi connectivity index (χ4v) is 3.89. The average molecular weight is 373 g/mol. The van der Waals surface area contributed by atoms with Gasteiger partial charge in [-0.25, -0.2) is 0 Å². The molecule has 6 heteroatoms. The van der Waals surface area contributed by atoms with Crippen LogP contribution in [0.15, 0.2) is 24.3 Å². The monoisotopic (exact) mass is 373 g/mol. The highest BCUT2D eigenvalue weighted by molar-refractivity contribution is 7.12. The third-order valence-corrected chi connectivity index (χ3v) is 5.23. The van der Waals surface area contributed by atoms with Crippen molar-refractivity contribution in [2.45, 2.75) is 33.1 Å². The van der Waals surface area contributed by atoms with Crippen molar-refractivity contribution in [2.24, 2.45) is 0 Å². The number of nitrogens with one attached hydrogen (secondary N) is 1. The van der Waals surface area contributed by atoms with Crippen LogP contribution in [-0.2, 0) is 11.2 Å². The van der Waals surface area contributed by atoms with Crippen molar-refractivity contribution < 1.29 is 19.1 Å². The summed E-state index contributed by atoms with van der Waals surface area (Å²) in [5.41, 5.74) is 1.83. The Labute approximate surface area is 157 Å². The molecule has 138 valence electrons.